The molecule has 0 radical (unpaired) electrons. The van der Waals surface area contributed by atoms with Gasteiger partial charge in [0.05, 0.1) is 24.4 Å². The van der Waals surface area contributed by atoms with E-state index in [1.165, 1.54) is 24.3 Å². The van der Waals surface area contributed by atoms with Crippen LogP contribution in [0.5, 0.6) is 0 Å². The van der Waals surface area contributed by atoms with Crippen molar-refractivity contribution < 1.29 is 38.1 Å². The summed E-state index contributed by atoms with van der Waals surface area (Å²) in [6.45, 7) is 8.26. The van der Waals surface area contributed by atoms with Crippen LogP contribution in [0.25, 0.3) is 0 Å². The summed E-state index contributed by atoms with van der Waals surface area (Å²) < 4.78 is 23.8. The molecule has 1 spiro atoms. The maximum atomic E-state index is 12.7. The molecule has 11 heteroatoms. The van der Waals surface area contributed by atoms with E-state index in [9.17, 15) is 19.2 Å². The number of ketones is 1. The number of thioether (sulfide) groups is 1. The Morgan fingerprint density at radius 2 is 1.90 bits per heavy atom. The van der Waals surface area contributed by atoms with Crippen LogP contribution in [0.3, 0.4) is 0 Å². The lowest BCUT2D eigenvalue weighted by Crippen LogP contribution is -2.56. The maximum absolute atomic E-state index is 12.7. The van der Waals surface area contributed by atoms with Gasteiger partial charge in [-0.15, -0.1) is 11.8 Å². The highest BCUT2D eigenvalue weighted by molar-refractivity contribution is 8.00. The first-order valence-corrected chi connectivity index (χ1v) is 14.9. The van der Waals surface area contributed by atoms with Crippen LogP contribution in [0.4, 0.5) is 10.5 Å². The van der Waals surface area contributed by atoms with Crippen LogP contribution in [0, 0.1) is 5.92 Å². The number of ether oxygens (including phenoxy) is 4. The predicted molar refractivity (Wildman–Crippen MR) is 154 cm³/mol. The fraction of sp³-hybridized carbons (Fsp3) is 0.600. The first-order chi connectivity index (χ1) is 19.5. The Morgan fingerprint density at radius 3 is 2.56 bits per heavy atom. The highest BCUT2D eigenvalue weighted by Gasteiger charge is 2.72. The highest BCUT2D eigenvalue weighted by Crippen LogP contribution is 2.59. The van der Waals surface area contributed by atoms with Crippen LogP contribution < -0.4 is 10.6 Å². The van der Waals surface area contributed by atoms with E-state index in [-0.39, 0.29) is 47.9 Å². The van der Waals surface area contributed by atoms with E-state index in [2.05, 4.69) is 37.5 Å². The summed E-state index contributed by atoms with van der Waals surface area (Å²) in [5, 5.41) is 5.06. The van der Waals surface area contributed by atoms with Gasteiger partial charge in [0.1, 0.15) is 29.2 Å². The molecule has 2 heterocycles. The number of methoxy groups -OCH3 is 1. The first-order valence-electron chi connectivity index (χ1n) is 14.0. The Kier molecular flexibility index (Phi) is 9.94. The number of anilines is 1. The Bertz CT molecular complexity index is 1190. The minimum absolute atomic E-state index is 0.0211. The van der Waals surface area contributed by atoms with Gasteiger partial charge in [-0.05, 0) is 65.2 Å². The molecule has 4 rings (SSSR count). The predicted octanol–water partition coefficient (Wildman–Crippen LogP) is 4.42. The summed E-state index contributed by atoms with van der Waals surface area (Å²) in [6.07, 6.45) is 2.78. The summed E-state index contributed by atoms with van der Waals surface area (Å²) in [5.74, 6) is -0.938. The van der Waals surface area contributed by atoms with Crippen molar-refractivity contribution in [1.29, 1.82) is 0 Å². The Balaban J connectivity index is 1.28. The summed E-state index contributed by atoms with van der Waals surface area (Å²) in [6, 6.07) is 7.01. The molecule has 3 amide bonds. The van der Waals surface area contributed by atoms with Gasteiger partial charge in [-0.3, -0.25) is 14.9 Å². The summed E-state index contributed by atoms with van der Waals surface area (Å²) in [7, 11) is 1.60. The van der Waals surface area contributed by atoms with Gasteiger partial charge < -0.3 is 29.1 Å². The molecule has 0 aromatic heterocycles. The molecule has 6 atom stereocenters. The molecule has 1 saturated carbocycles. The van der Waals surface area contributed by atoms with Gasteiger partial charge in [-0.25, -0.2) is 4.79 Å². The SMILES string of the molecule is CO[C@H]1[C@H](C2(C)O[C@@H]2CC=C(C)C)[C@]2(CC[C@H]1OC(=O)NC(=O)CSc1cccc(NC(=O)CCC(C)=O)c1)CO2. The van der Waals surface area contributed by atoms with Gasteiger partial charge in [0.2, 0.25) is 11.8 Å². The number of imide groups is 1. The molecule has 3 aliphatic rings. The standard InChI is InChI=1S/C30H40N2O8S/c1-18(2)9-11-23-29(4,40-23)27-26(37-5)22(13-14-30(27)17-38-30)39-28(36)32-25(35)16-41-21-8-6-7-20(15-21)31-24(34)12-10-19(3)33/h6-9,15,22-23,26-27H,10-14,16-17H2,1-5H3,(H,31,34)(H,32,35,36)/t22-,23-,26-,27-,29?,30+/m1/s1. The van der Waals surface area contributed by atoms with E-state index >= 15 is 0 Å². The van der Waals surface area contributed by atoms with Crippen molar-refractivity contribution in [2.24, 2.45) is 5.92 Å². The van der Waals surface area contributed by atoms with E-state index in [0.29, 0.717) is 18.7 Å². The molecule has 0 bridgehead atoms. The number of hydrogen-bond donors (Lipinski definition) is 2. The van der Waals surface area contributed by atoms with Gasteiger partial charge in [0.25, 0.3) is 0 Å². The fourth-order valence-electron chi connectivity index (χ4n) is 5.71. The minimum Gasteiger partial charge on any atom is -0.443 e. The van der Waals surface area contributed by atoms with E-state index in [1.807, 2.05) is 0 Å². The average molecular weight is 589 g/mol. The van der Waals surface area contributed by atoms with Gasteiger partial charge in [-0.1, -0.05) is 17.7 Å². The van der Waals surface area contributed by atoms with Crippen LogP contribution in [0.15, 0.2) is 40.8 Å². The molecule has 10 nitrogen and oxygen atoms in total. The lowest BCUT2D eigenvalue weighted by atomic mass is 9.68. The van der Waals surface area contributed by atoms with E-state index in [0.717, 1.165) is 17.7 Å². The molecular weight excluding hydrogens is 548 g/mol. The van der Waals surface area contributed by atoms with Crippen molar-refractivity contribution in [2.45, 2.75) is 94.2 Å². The molecule has 41 heavy (non-hydrogen) atoms. The Morgan fingerprint density at radius 1 is 1.15 bits per heavy atom. The number of benzene rings is 1. The third kappa shape index (κ3) is 7.97. The van der Waals surface area contributed by atoms with Crippen LogP contribution >= 0.6 is 11.8 Å². The van der Waals surface area contributed by atoms with Gasteiger partial charge in [0.15, 0.2) is 0 Å². The van der Waals surface area contributed by atoms with Crippen molar-refractivity contribution in [3.8, 4) is 0 Å². The van der Waals surface area contributed by atoms with E-state index in [4.69, 9.17) is 18.9 Å². The number of nitrogens with one attached hydrogen (secondary N) is 2. The lowest BCUT2D eigenvalue weighted by molar-refractivity contribution is -0.124. The highest BCUT2D eigenvalue weighted by atomic mass is 32.2. The second-order valence-electron chi connectivity index (χ2n) is 11.4. The van der Waals surface area contributed by atoms with Gasteiger partial charge in [0, 0.05) is 30.5 Å². The zero-order chi connectivity index (χ0) is 29.8. The minimum atomic E-state index is -0.816. The second-order valence-corrected chi connectivity index (χ2v) is 12.5. The monoisotopic (exact) mass is 588 g/mol. The Labute approximate surface area is 245 Å². The number of carbonyl (C=O) groups is 4. The number of carbonyl (C=O) groups excluding carboxylic acids is 4. The number of epoxide rings is 2. The van der Waals surface area contributed by atoms with Gasteiger partial charge in [-0.2, -0.15) is 0 Å². The molecule has 3 fully saturated rings. The number of allylic oxidation sites excluding steroid dienone is 1. The average Bonchev–Trinajstić information content (AvgIpc) is 3.83. The second kappa shape index (κ2) is 13.1. The largest absolute Gasteiger partial charge is 0.443 e. The van der Waals surface area contributed by atoms with E-state index < -0.39 is 29.8 Å². The molecule has 1 aliphatic carbocycles. The topological polar surface area (TPSA) is 136 Å². The van der Waals surface area contributed by atoms with Crippen molar-refractivity contribution in [2.75, 3.05) is 24.8 Å². The number of alkyl carbamates (subject to hydrolysis) is 1. The quantitative estimate of drug-likeness (QED) is 0.207. The molecule has 1 aromatic rings. The maximum Gasteiger partial charge on any atom is 0.414 e. The third-order valence-electron chi connectivity index (χ3n) is 7.93. The lowest BCUT2D eigenvalue weighted by Gasteiger charge is -2.42. The first kappa shape index (κ1) is 31.2. The molecular formula is C30H40N2O8S. The van der Waals surface area contributed by atoms with Crippen molar-refractivity contribution in [3.05, 3.63) is 35.9 Å². The van der Waals surface area contributed by atoms with Crippen molar-refractivity contribution in [3.63, 3.8) is 0 Å². The van der Waals surface area contributed by atoms with Crippen LogP contribution in [0.2, 0.25) is 0 Å². The molecule has 1 aromatic carbocycles. The molecule has 2 saturated heterocycles. The van der Waals surface area contributed by atoms with Crippen LogP contribution in [0.1, 0.15) is 59.8 Å². The number of Topliss-reactive ketones (excluding diaryl/α,β-unsaturated/α-hetero) is 1. The summed E-state index contributed by atoms with van der Waals surface area (Å²) in [4.78, 5) is 49.1. The molecule has 2 N–H and O–H groups in total. The normalized spacial score (nSPS) is 29.8. The Hall–Kier alpha value is -2.73. The fourth-order valence-corrected chi connectivity index (χ4v) is 6.47. The van der Waals surface area contributed by atoms with Crippen LogP contribution in [-0.2, 0) is 33.3 Å². The third-order valence-corrected chi connectivity index (χ3v) is 8.92. The number of amides is 3. The summed E-state index contributed by atoms with van der Waals surface area (Å²) in [5.41, 5.74) is 1.01. The molecule has 2 aliphatic heterocycles. The zero-order valence-corrected chi connectivity index (χ0v) is 25.1. The van der Waals surface area contributed by atoms with E-state index in [1.54, 1.807) is 31.4 Å². The zero-order valence-electron chi connectivity index (χ0n) is 24.3. The smallest absolute Gasteiger partial charge is 0.414 e. The van der Waals surface area contributed by atoms with Crippen molar-refractivity contribution in [1.82, 2.24) is 5.32 Å². The van der Waals surface area contributed by atoms with Crippen LogP contribution in [-0.4, -0.2) is 72.7 Å². The number of hydrogen-bond acceptors (Lipinski definition) is 9. The molecule has 1 unspecified atom stereocenters. The number of rotatable bonds is 12. The molecule has 224 valence electrons. The summed E-state index contributed by atoms with van der Waals surface area (Å²) >= 11 is 1.22. The van der Waals surface area contributed by atoms with Crippen molar-refractivity contribution >= 4 is 41.1 Å². The van der Waals surface area contributed by atoms with Gasteiger partial charge >= 0.3 is 6.09 Å².